The third-order valence-corrected chi connectivity index (χ3v) is 1.81. The average Bonchev–Trinajstić information content (AvgIpc) is 2.65. The van der Waals surface area contributed by atoms with E-state index in [4.69, 9.17) is 9.47 Å². The van der Waals surface area contributed by atoms with E-state index in [0.29, 0.717) is 6.54 Å². The molecule has 0 atom stereocenters. The maximum absolute atomic E-state index is 5.02. The van der Waals surface area contributed by atoms with E-state index in [0.717, 1.165) is 12.2 Å². The molecule has 74 valence electrons. The Labute approximate surface area is 78.2 Å². The van der Waals surface area contributed by atoms with Crippen LogP contribution in [0.3, 0.4) is 0 Å². The quantitative estimate of drug-likeness (QED) is 0.640. The molecule has 4 nitrogen and oxygen atoms in total. The van der Waals surface area contributed by atoms with Gasteiger partial charge in [-0.15, -0.1) is 0 Å². The minimum atomic E-state index is -0.171. The molecule has 4 heteroatoms. The molecule has 0 amide bonds. The monoisotopic (exact) mass is 184 g/mol. The normalized spacial score (nSPS) is 11.0. The van der Waals surface area contributed by atoms with Crippen LogP contribution in [0.2, 0.25) is 0 Å². The summed E-state index contributed by atoms with van der Waals surface area (Å²) in [6.45, 7) is 1.49. The largest absolute Gasteiger partial charge is 0.364 e. The Hall–Kier alpha value is -0.840. The summed E-state index contributed by atoms with van der Waals surface area (Å²) >= 11 is 0. The highest BCUT2D eigenvalue weighted by atomic mass is 16.7. The van der Waals surface area contributed by atoms with E-state index in [1.165, 1.54) is 0 Å². The fourth-order valence-corrected chi connectivity index (χ4v) is 1.07. The van der Waals surface area contributed by atoms with Crippen molar-refractivity contribution in [1.29, 1.82) is 0 Å². The lowest BCUT2D eigenvalue weighted by molar-refractivity contribution is -0.0989. The Morgan fingerprint density at radius 1 is 1.46 bits per heavy atom. The van der Waals surface area contributed by atoms with Crippen LogP contribution in [0, 0.1) is 0 Å². The summed E-state index contributed by atoms with van der Waals surface area (Å²) in [6, 6.07) is 4.00. The Kier molecular flexibility index (Phi) is 4.53. The van der Waals surface area contributed by atoms with Crippen molar-refractivity contribution in [2.24, 2.45) is 0 Å². The van der Waals surface area contributed by atoms with Crippen LogP contribution in [-0.2, 0) is 16.0 Å². The summed E-state index contributed by atoms with van der Waals surface area (Å²) in [5, 5.41) is 3.21. The van der Waals surface area contributed by atoms with Crippen molar-refractivity contribution < 1.29 is 9.47 Å². The van der Waals surface area contributed by atoms with E-state index < -0.39 is 0 Å². The van der Waals surface area contributed by atoms with Crippen LogP contribution in [0.1, 0.15) is 5.69 Å². The van der Waals surface area contributed by atoms with Gasteiger partial charge in [-0.1, -0.05) is 0 Å². The number of methoxy groups -OCH3 is 2. The Morgan fingerprint density at radius 3 is 2.77 bits per heavy atom. The molecular formula is C9H16N2O2. The lowest BCUT2D eigenvalue weighted by Gasteiger charge is -2.13. The molecule has 0 radical (unpaired) electrons. The zero-order valence-corrected chi connectivity index (χ0v) is 8.04. The zero-order valence-electron chi connectivity index (χ0n) is 8.04. The van der Waals surface area contributed by atoms with Crippen LogP contribution in [0.5, 0.6) is 0 Å². The molecule has 0 aliphatic carbocycles. The highest BCUT2D eigenvalue weighted by molar-refractivity contribution is 5.02. The fourth-order valence-electron chi connectivity index (χ4n) is 1.07. The number of ether oxygens (including phenoxy) is 2. The SMILES string of the molecule is COC(CNCc1ccc[nH]1)OC. The molecule has 1 heterocycles. The molecule has 1 rings (SSSR count). The van der Waals surface area contributed by atoms with Gasteiger partial charge in [0.2, 0.25) is 0 Å². The van der Waals surface area contributed by atoms with Crippen molar-refractivity contribution in [2.75, 3.05) is 20.8 Å². The maximum atomic E-state index is 5.02. The first-order chi connectivity index (χ1) is 6.36. The van der Waals surface area contributed by atoms with Gasteiger partial charge in [0.05, 0.1) is 0 Å². The van der Waals surface area contributed by atoms with Gasteiger partial charge in [-0.05, 0) is 12.1 Å². The van der Waals surface area contributed by atoms with E-state index in [1.54, 1.807) is 14.2 Å². The van der Waals surface area contributed by atoms with Crippen molar-refractivity contribution in [3.8, 4) is 0 Å². The summed E-state index contributed by atoms with van der Waals surface area (Å²) in [5.41, 5.74) is 1.16. The van der Waals surface area contributed by atoms with E-state index in [9.17, 15) is 0 Å². The Balaban J connectivity index is 2.13. The number of rotatable bonds is 6. The molecule has 0 aliphatic heterocycles. The number of hydrogen-bond donors (Lipinski definition) is 2. The van der Waals surface area contributed by atoms with Crippen LogP contribution in [0.4, 0.5) is 0 Å². The summed E-state index contributed by atoms with van der Waals surface area (Å²) < 4.78 is 10.0. The van der Waals surface area contributed by atoms with Gasteiger partial charge in [-0.3, -0.25) is 0 Å². The predicted molar refractivity (Wildman–Crippen MR) is 50.3 cm³/mol. The first-order valence-electron chi connectivity index (χ1n) is 4.25. The molecule has 0 fully saturated rings. The molecule has 0 bridgehead atoms. The second kappa shape index (κ2) is 5.75. The molecule has 1 aromatic heterocycles. The molecule has 1 aromatic rings. The maximum Gasteiger partial charge on any atom is 0.169 e. The van der Waals surface area contributed by atoms with Crippen molar-refractivity contribution in [3.63, 3.8) is 0 Å². The van der Waals surface area contributed by atoms with E-state index in [-0.39, 0.29) is 6.29 Å². The molecule has 2 N–H and O–H groups in total. The summed E-state index contributed by atoms with van der Waals surface area (Å²) in [6.07, 6.45) is 1.73. The molecular weight excluding hydrogens is 168 g/mol. The minimum Gasteiger partial charge on any atom is -0.364 e. The van der Waals surface area contributed by atoms with Gasteiger partial charge in [0, 0.05) is 39.2 Å². The molecule has 0 aliphatic rings. The molecule has 0 saturated carbocycles. The first-order valence-corrected chi connectivity index (χ1v) is 4.25. The van der Waals surface area contributed by atoms with Gasteiger partial charge in [0.1, 0.15) is 0 Å². The molecule has 0 saturated heterocycles. The van der Waals surface area contributed by atoms with E-state index in [1.807, 2.05) is 18.3 Å². The number of hydrogen-bond acceptors (Lipinski definition) is 3. The summed E-state index contributed by atoms with van der Waals surface area (Å²) in [7, 11) is 3.26. The average molecular weight is 184 g/mol. The van der Waals surface area contributed by atoms with Gasteiger partial charge < -0.3 is 19.8 Å². The standard InChI is InChI=1S/C9H16N2O2/c1-12-9(13-2)7-10-6-8-4-3-5-11-8/h3-5,9-11H,6-7H2,1-2H3. The van der Waals surface area contributed by atoms with Gasteiger partial charge in [-0.2, -0.15) is 0 Å². The van der Waals surface area contributed by atoms with Crippen molar-refractivity contribution in [1.82, 2.24) is 10.3 Å². The van der Waals surface area contributed by atoms with Gasteiger partial charge in [0.15, 0.2) is 6.29 Å². The van der Waals surface area contributed by atoms with Crippen molar-refractivity contribution >= 4 is 0 Å². The fraction of sp³-hybridized carbons (Fsp3) is 0.556. The highest BCUT2D eigenvalue weighted by Gasteiger charge is 2.03. The van der Waals surface area contributed by atoms with Crippen LogP contribution < -0.4 is 5.32 Å². The number of nitrogens with one attached hydrogen (secondary N) is 2. The number of aromatic nitrogens is 1. The van der Waals surface area contributed by atoms with Gasteiger partial charge in [-0.25, -0.2) is 0 Å². The van der Waals surface area contributed by atoms with Crippen LogP contribution in [0.25, 0.3) is 0 Å². The number of aromatic amines is 1. The lowest BCUT2D eigenvalue weighted by atomic mass is 10.4. The summed E-state index contributed by atoms with van der Waals surface area (Å²) in [4.78, 5) is 3.10. The molecule has 0 aromatic carbocycles. The van der Waals surface area contributed by atoms with Crippen LogP contribution >= 0.6 is 0 Å². The Morgan fingerprint density at radius 2 is 2.23 bits per heavy atom. The van der Waals surface area contributed by atoms with Crippen molar-refractivity contribution in [2.45, 2.75) is 12.8 Å². The second-order valence-electron chi connectivity index (χ2n) is 2.73. The minimum absolute atomic E-state index is 0.171. The van der Waals surface area contributed by atoms with Gasteiger partial charge >= 0.3 is 0 Å². The smallest absolute Gasteiger partial charge is 0.169 e. The molecule has 13 heavy (non-hydrogen) atoms. The second-order valence-corrected chi connectivity index (χ2v) is 2.73. The van der Waals surface area contributed by atoms with E-state index in [2.05, 4.69) is 10.3 Å². The predicted octanol–water partition coefficient (Wildman–Crippen LogP) is 0.723. The molecule has 0 spiro atoms. The topological polar surface area (TPSA) is 46.3 Å². The van der Waals surface area contributed by atoms with Crippen molar-refractivity contribution in [3.05, 3.63) is 24.0 Å². The van der Waals surface area contributed by atoms with Gasteiger partial charge in [0.25, 0.3) is 0 Å². The third-order valence-electron chi connectivity index (χ3n) is 1.81. The summed E-state index contributed by atoms with van der Waals surface area (Å²) in [5.74, 6) is 0. The zero-order chi connectivity index (χ0) is 9.52. The Bertz CT molecular complexity index is 207. The van der Waals surface area contributed by atoms with E-state index >= 15 is 0 Å². The third kappa shape index (κ3) is 3.59. The highest BCUT2D eigenvalue weighted by Crippen LogP contribution is 1.94. The van der Waals surface area contributed by atoms with Crippen LogP contribution in [-0.4, -0.2) is 32.0 Å². The van der Waals surface area contributed by atoms with Crippen LogP contribution in [0.15, 0.2) is 18.3 Å². The lowest BCUT2D eigenvalue weighted by Crippen LogP contribution is -2.29. The first kappa shape index (κ1) is 10.2. The number of H-pyrrole nitrogens is 1. The molecule has 0 unspecified atom stereocenters.